The van der Waals surface area contributed by atoms with Crippen molar-refractivity contribution in [1.82, 2.24) is 0 Å². The summed E-state index contributed by atoms with van der Waals surface area (Å²) in [5.74, 6) is 0. The average molecular weight is 454 g/mol. The molecule has 0 radical (unpaired) electrons. The van der Waals surface area contributed by atoms with E-state index in [0.717, 1.165) is 0 Å². The van der Waals surface area contributed by atoms with E-state index in [1.54, 1.807) is 22.7 Å². The molecule has 4 aromatic rings. The van der Waals surface area contributed by atoms with E-state index in [2.05, 4.69) is 80.4 Å². The molecule has 0 aliphatic carbocycles. The highest BCUT2D eigenvalue weighted by Gasteiger charge is 2.05. The lowest BCUT2D eigenvalue weighted by atomic mass is 10.3. The molecule has 2 heterocycles. The van der Waals surface area contributed by atoms with Crippen LogP contribution in [0.4, 0.5) is 0 Å². The molecular formula is C16H10Br2S2Si. The second-order valence-corrected chi connectivity index (χ2v) is 11.9. The Hall–Kier alpha value is -0.463. The van der Waals surface area contributed by atoms with Gasteiger partial charge in [0.25, 0.3) is 0 Å². The molecule has 0 bridgehead atoms. The topological polar surface area (TPSA) is 0 Å². The van der Waals surface area contributed by atoms with Crippen molar-refractivity contribution in [3.63, 3.8) is 0 Å². The van der Waals surface area contributed by atoms with Crippen molar-refractivity contribution in [1.29, 1.82) is 0 Å². The van der Waals surface area contributed by atoms with Crippen molar-refractivity contribution in [3.05, 3.63) is 56.1 Å². The van der Waals surface area contributed by atoms with Crippen molar-refractivity contribution < 1.29 is 0 Å². The van der Waals surface area contributed by atoms with Crippen molar-refractivity contribution in [3.8, 4) is 0 Å². The van der Waals surface area contributed by atoms with E-state index < -0.39 is 9.52 Å². The van der Waals surface area contributed by atoms with Crippen LogP contribution in [-0.4, -0.2) is 9.52 Å². The van der Waals surface area contributed by atoms with Crippen LogP contribution in [0.1, 0.15) is 0 Å². The molecule has 0 atom stereocenters. The zero-order chi connectivity index (χ0) is 14.4. The van der Waals surface area contributed by atoms with Gasteiger partial charge in [0.15, 0.2) is 0 Å². The molecule has 2 aromatic carbocycles. The highest BCUT2D eigenvalue weighted by atomic mass is 79.9. The lowest BCUT2D eigenvalue weighted by molar-refractivity contribution is 1.89. The Morgan fingerprint density at radius 2 is 1.14 bits per heavy atom. The fraction of sp³-hybridized carbons (Fsp3) is 0. The summed E-state index contributed by atoms with van der Waals surface area (Å²) in [5, 5.41) is 5.72. The third kappa shape index (κ3) is 2.90. The summed E-state index contributed by atoms with van der Waals surface area (Å²) in [5.41, 5.74) is 0. The van der Waals surface area contributed by atoms with Gasteiger partial charge in [0, 0.05) is 9.40 Å². The Morgan fingerprint density at radius 3 is 1.62 bits per heavy atom. The molecule has 0 saturated heterocycles. The van der Waals surface area contributed by atoms with Crippen LogP contribution in [0.2, 0.25) is 0 Å². The van der Waals surface area contributed by atoms with Crippen LogP contribution in [0.25, 0.3) is 20.2 Å². The Kier molecular flexibility index (Phi) is 3.79. The SMILES string of the molecule is Brc1cc2cc([SiH2]c3ccc4sc(Br)cc4c3)ccc2s1. The van der Waals surface area contributed by atoms with Crippen LogP contribution in [0.15, 0.2) is 56.1 Å². The molecule has 0 aliphatic heterocycles. The van der Waals surface area contributed by atoms with Crippen molar-refractivity contribution in [2.45, 2.75) is 0 Å². The number of hydrogen-bond donors (Lipinski definition) is 0. The zero-order valence-corrected chi connectivity index (χ0v) is 17.1. The molecule has 0 nitrogen and oxygen atoms in total. The predicted molar refractivity (Wildman–Crippen MR) is 107 cm³/mol. The monoisotopic (exact) mass is 452 g/mol. The Bertz CT molecular complexity index is 877. The summed E-state index contributed by atoms with van der Waals surface area (Å²) in [6, 6.07) is 18.3. The van der Waals surface area contributed by atoms with E-state index in [9.17, 15) is 0 Å². The summed E-state index contributed by atoms with van der Waals surface area (Å²) >= 11 is 10.7. The van der Waals surface area contributed by atoms with Crippen LogP contribution < -0.4 is 10.4 Å². The molecule has 0 unspecified atom stereocenters. The van der Waals surface area contributed by atoms with E-state index in [1.165, 1.54) is 38.1 Å². The van der Waals surface area contributed by atoms with Gasteiger partial charge in [-0.25, -0.2) is 0 Å². The maximum atomic E-state index is 3.57. The number of halogens is 2. The first-order chi connectivity index (χ1) is 10.2. The number of thiophene rings is 2. The van der Waals surface area contributed by atoms with Crippen LogP contribution in [0.3, 0.4) is 0 Å². The molecule has 104 valence electrons. The number of fused-ring (bicyclic) bond motifs is 2. The smallest absolute Gasteiger partial charge is 0.0875 e. The maximum absolute atomic E-state index is 3.57. The first-order valence-corrected chi connectivity index (χ1v) is 11.2. The van der Waals surface area contributed by atoms with Gasteiger partial charge in [-0.1, -0.05) is 34.6 Å². The minimum Gasteiger partial charge on any atom is -0.128 e. The average Bonchev–Trinajstić information content (AvgIpc) is 2.98. The van der Waals surface area contributed by atoms with Gasteiger partial charge in [-0.15, -0.1) is 22.7 Å². The first kappa shape index (κ1) is 14.1. The van der Waals surface area contributed by atoms with E-state index >= 15 is 0 Å². The second kappa shape index (κ2) is 5.63. The predicted octanol–water partition coefficient (Wildman–Crippen LogP) is 4.76. The summed E-state index contributed by atoms with van der Waals surface area (Å²) < 4.78 is 5.13. The van der Waals surface area contributed by atoms with Gasteiger partial charge < -0.3 is 0 Å². The Balaban J connectivity index is 1.70. The van der Waals surface area contributed by atoms with E-state index in [0.29, 0.717) is 0 Å². The van der Waals surface area contributed by atoms with Crippen LogP contribution in [-0.2, 0) is 0 Å². The fourth-order valence-electron chi connectivity index (χ4n) is 2.58. The maximum Gasteiger partial charge on any atom is 0.0875 e. The van der Waals surface area contributed by atoms with Gasteiger partial charge in [-0.2, -0.15) is 0 Å². The molecular weight excluding hydrogens is 444 g/mol. The molecule has 0 aliphatic rings. The highest BCUT2D eigenvalue weighted by molar-refractivity contribution is 9.11. The van der Waals surface area contributed by atoms with Crippen molar-refractivity contribution in [2.75, 3.05) is 0 Å². The van der Waals surface area contributed by atoms with Crippen LogP contribution >= 0.6 is 54.5 Å². The van der Waals surface area contributed by atoms with Gasteiger partial charge in [0.1, 0.15) is 0 Å². The lowest BCUT2D eigenvalue weighted by Crippen LogP contribution is -2.26. The summed E-state index contributed by atoms with van der Waals surface area (Å²) in [7, 11) is -0.413. The van der Waals surface area contributed by atoms with Gasteiger partial charge in [-0.3, -0.25) is 0 Å². The molecule has 21 heavy (non-hydrogen) atoms. The summed E-state index contributed by atoms with van der Waals surface area (Å²) in [4.78, 5) is 0. The second-order valence-electron chi connectivity index (χ2n) is 5.02. The van der Waals surface area contributed by atoms with Gasteiger partial charge in [0.2, 0.25) is 0 Å². The van der Waals surface area contributed by atoms with E-state index in [4.69, 9.17) is 0 Å². The number of benzene rings is 2. The molecule has 5 heteroatoms. The molecule has 2 aromatic heterocycles. The zero-order valence-electron chi connectivity index (χ0n) is 10.9. The number of rotatable bonds is 2. The minimum atomic E-state index is -0.413. The van der Waals surface area contributed by atoms with Crippen molar-refractivity contribution in [2.24, 2.45) is 0 Å². The van der Waals surface area contributed by atoms with Crippen molar-refractivity contribution >= 4 is 94.6 Å². The van der Waals surface area contributed by atoms with E-state index in [1.807, 2.05) is 0 Å². The third-order valence-corrected chi connectivity index (χ3v) is 8.44. The molecule has 0 amide bonds. The Labute approximate surface area is 149 Å². The molecule has 0 saturated carbocycles. The molecule has 0 N–H and O–H groups in total. The van der Waals surface area contributed by atoms with Gasteiger partial charge in [-0.05, 0) is 66.9 Å². The summed E-state index contributed by atoms with van der Waals surface area (Å²) in [6.07, 6.45) is 0. The lowest BCUT2D eigenvalue weighted by Gasteiger charge is -2.02. The minimum absolute atomic E-state index is 0.413. The van der Waals surface area contributed by atoms with E-state index in [-0.39, 0.29) is 0 Å². The summed E-state index contributed by atoms with van der Waals surface area (Å²) in [6.45, 7) is 0. The normalized spacial score (nSPS) is 11.5. The third-order valence-electron chi connectivity index (χ3n) is 3.51. The number of hydrogen-bond acceptors (Lipinski definition) is 2. The van der Waals surface area contributed by atoms with Crippen LogP contribution in [0, 0.1) is 0 Å². The molecule has 4 rings (SSSR count). The molecule has 0 spiro atoms. The molecule has 0 fully saturated rings. The van der Waals surface area contributed by atoms with Gasteiger partial charge in [0.05, 0.1) is 17.1 Å². The quantitative estimate of drug-likeness (QED) is 0.384. The Morgan fingerprint density at radius 1 is 0.667 bits per heavy atom. The standard InChI is InChI=1S/C16H10Br2S2Si/c17-15-7-9-5-11(1-3-13(9)19-15)21-12-2-4-14-10(6-12)8-16(18)20-14/h1-8H,21H2. The van der Waals surface area contributed by atoms with Crippen LogP contribution in [0.5, 0.6) is 0 Å². The van der Waals surface area contributed by atoms with Gasteiger partial charge >= 0.3 is 0 Å². The fourth-order valence-corrected chi connectivity index (χ4v) is 7.24. The first-order valence-electron chi connectivity index (χ1n) is 6.53. The highest BCUT2D eigenvalue weighted by Crippen LogP contribution is 2.29. The largest absolute Gasteiger partial charge is 0.128 e.